The molecule has 0 aliphatic rings. The Balaban J connectivity index is 2.45. The van der Waals surface area contributed by atoms with Crippen molar-refractivity contribution in [2.75, 3.05) is 6.61 Å². The van der Waals surface area contributed by atoms with Crippen LogP contribution in [0.4, 0.5) is 0 Å². The van der Waals surface area contributed by atoms with Crippen molar-refractivity contribution in [3.05, 3.63) is 28.7 Å². The molecule has 0 spiro atoms. The summed E-state index contributed by atoms with van der Waals surface area (Å²) in [5.41, 5.74) is 0. The number of hydrogen-bond acceptors (Lipinski definition) is 2. The highest BCUT2D eigenvalue weighted by molar-refractivity contribution is 9.10. The quantitative estimate of drug-likeness (QED) is 0.883. The van der Waals surface area contributed by atoms with E-state index in [-0.39, 0.29) is 6.10 Å². The third-order valence-corrected chi connectivity index (χ3v) is 2.20. The normalized spacial score (nSPS) is 12.5. The Hall–Kier alpha value is -0.540. The van der Waals surface area contributed by atoms with Crippen LogP contribution < -0.4 is 4.74 Å². The minimum absolute atomic E-state index is 0.354. The van der Waals surface area contributed by atoms with Crippen molar-refractivity contribution >= 4 is 15.9 Å². The first kappa shape index (κ1) is 10.5. The molecule has 1 aromatic carbocycles. The second-order valence-electron chi connectivity index (χ2n) is 2.83. The fraction of sp³-hybridized carbons (Fsp3) is 0.400. The van der Waals surface area contributed by atoms with Crippen LogP contribution in [0.2, 0.25) is 0 Å². The molecule has 1 aromatic rings. The van der Waals surface area contributed by atoms with Crippen LogP contribution in [0.1, 0.15) is 13.3 Å². The van der Waals surface area contributed by atoms with Crippen molar-refractivity contribution in [1.29, 1.82) is 0 Å². The molecule has 0 unspecified atom stereocenters. The number of aliphatic hydroxyl groups excluding tert-OH is 1. The molecule has 0 heterocycles. The number of rotatable bonds is 4. The van der Waals surface area contributed by atoms with E-state index in [0.29, 0.717) is 13.0 Å². The second kappa shape index (κ2) is 5.25. The maximum Gasteiger partial charge on any atom is 0.120 e. The van der Waals surface area contributed by atoms with Crippen molar-refractivity contribution in [3.8, 4) is 5.75 Å². The molecule has 0 amide bonds. The minimum atomic E-state index is -0.376. The summed E-state index contributed by atoms with van der Waals surface area (Å²) >= 11 is 3.34. The van der Waals surface area contributed by atoms with Crippen LogP contribution in [0.3, 0.4) is 0 Å². The molecule has 1 N–H and O–H groups in total. The summed E-state index contributed by atoms with van der Waals surface area (Å²) in [6, 6.07) is 7.58. The Morgan fingerprint density at radius 2 is 2.31 bits per heavy atom. The lowest BCUT2D eigenvalue weighted by Gasteiger charge is -2.09. The van der Waals surface area contributed by atoms with E-state index in [9.17, 15) is 5.11 Å². The Morgan fingerprint density at radius 1 is 1.54 bits per heavy atom. The molecule has 0 radical (unpaired) electrons. The van der Waals surface area contributed by atoms with Crippen LogP contribution in [0, 0.1) is 0 Å². The number of aliphatic hydroxyl groups is 1. The van der Waals surface area contributed by atoms with Crippen LogP contribution in [0.5, 0.6) is 5.75 Å². The second-order valence-corrected chi connectivity index (χ2v) is 3.75. The smallest absolute Gasteiger partial charge is 0.120 e. The van der Waals surface area contributed by atoms with Crippen LogP contribution in [-0.4, -0.2) is 17.8 Å². The van der Waals surface area contributed by atoms with Gasteiger partial charge in [-0.1, -0.05) is 28.9 Å². The van der Waals surface area contributed by atoms with Crippen LogP contribution in [0.25, 0.3) is 0 Å². The molecule has 0 bridgehead atoms. The largest absolute Gasteiger partial charge is 0.491 e. The molecule has 1 rings (SSSR count). The maximum atomic E-state index is 9.25. The zero-order valence-corrected chi connectivity index (χ0v) is 9.12. The number of hydrogen-bond donors (Lipinski definition) is 1. The Kier molecular flexibility index (Phi) is 4.25. The van der Waals surface area contributed by atoms with Gasteiger partial charge in [0.25, 0.3) is 0 Å². The van der Waals surface area contributed by atoms with E-state index in [4.69, 9.17) is 4.74 Å². The zero-order valence-electron chi connectivity index (χ0n) is 7.53. The molecule has 0 aliphatic carbocycles. The topological polar surface area (TPSA) is 29.5 Å². The van der Waals surface area contributed by atoms with Crippen LogP contribution >= 0.6 is 15.9 Å². The first-order valence-electron chi connectivity index (χ1n) is 4.28. The first-order valence-corrected chi connectivity index (χ1v) is 5.08. The van der Waals surface area contributed by atoms with Gasteiger partial charge < -0.3 is 9.84 Å². The minimum Gasteiger partial charge on any atom is -0.491 e. The zero-order chi connectivity index (χ0) is 9.68. The fourth-order valence-corrected chi connectivity index (χ4v) is 1.25. The van der Waals surface area contributed by atoms with E-state index in [0.717, 1.165) is 10.2 Å². The van der Waals surface area contributed by atoms with Gasteiger partial charge >= 0.3 is 0 Å². The van der Waals surface area contributed by atoms with Crippen molar-refractivity contribution in [2.45, 2.75) is 19.4 Å². The third kappa shape index (κ3) is 3.79. The Labute approximate surface area is 86.7 Å². The number of benzene rings is 1. The monoisotopic (exact) mass is 244 g/mol. The molecule has 3 heteroatoms. The summed E-state index contributed by atoms with van der Waals surface area (Å²) in [7, 11) is 0. The van der Waals surface area contributed by atoms with Gasteiger partial charge in [0, 0.05) is 4.47 Å². The third-order valence-electron chi connectivity index (χ3n) is 1.71. The van der Waals surface area contributed by atoms with Gasteiger partial charge in [-0.25, -0.2) is 0 Å². The van der Waals surface area contributed by atoms with Gasteiger partial charge in [-0.3, -0.25) is 0 Å². The van der Waals surface area contributed by atoms with Crippen molar-refractivity contribution in [1.82, 2.24) is 0 Å². The van der Waals surface area contributed by atoms with Gasteiger partial charge in [0.05, 0.1) is 6.10 Å². The highest BCUT2D eigenvalue weighted by atomic mass is 79.9. The van der Waals surface area contributed by atoms with E-state index in [1.54, 1.807) is 0 Å². The number of halogens is 1. The van der Waals surface area contributed by atoms with E-state index < -0.39 is 0 Å². The van der Waals surface area contributed by atoms with Crippen molar-refractivity contribution < 1.29 is 9.84 Å². The molecular formula is C10H13BrO2. The van der Waals surface area contributed by atoms with Gasteiger partial charge in [-0.05, 0) is 24.6 Å². The summed E-state index contributed by atoms with van der Waals surface area (Å²) < 4.78 is 6.34. The molecule has 1 atom stereocenters. The first-order chi connectivity index (χ1) is 6.22. The fourth-order valence-electron chi connectivity index (χ4n) is 0.867. The molecule has 2 nitrogen and oxygen atoms in total. The predicted molar refractivity (Wildman–Crippen MR) is 55.9 cm³/mol. The SMILES string of the molecule is CC[C@H](O)COc1cccc(Br)c1. The molecule has 0 aliphatic heterocycles. The van der Waals surface area contributed by atoms with Crippen molar-refractivity contribution in [3.63, 3.8) is 0 Å². The van der Waals surface area contributed by atoms with Crippen molar-refractivity contribution in [2.24, 2.45) is 0 Å². The standard InChI is InChI=1S/C10H13BrO2/c1-2-9(12)7-13-10-5-3-4-8(11)6-10/h3-6,9,12H,2,7H2,1H3/t9-/m0/s1. The Morgan fingerprint density at radius 3 is 2.92 bits per heavy atom. The van der Waals surface area contributed by atoms with E-state index >= 15 is 0 Å². The lowest BCUT2D eigenvalue weighted by atomic mass is 10.3. The van der Waals surface area contributed by atoms with E-state index in [1.807, 2.05) is 31.2 Å². The van der Waals surface area contributed by atoms with Gasteiger partial charge in [0.15, 0.2) is 0 Å². The average molecular weight is 245 g/mol. The summed E-state index contributed by atoms with van der Waals surface area (Å²) in [5, 5.41) is 9.25. The lowest BCUT2D eigenvalue weighted by Crippen LogP contribution is -2.15. The molecule has 13 heavy (non-hydrogen) atoms. The molecule has 0 aromatic heterocycles. The van der Waals surface area contributed by atoms with Gasteiger partial charge in [0.1, 0.15) is 12.4 Å². The molecule has 0 saturated heterocycles. The van der Waals surface area contributed by atoms with Crippen LogP contribution in [0.15, 0.2) is 28.7 Å². The number of ether oxygens (including phenoxy) is 1. The maximum absolute atomic E-state index is 9.25. The Bertz CT molecular complexity index is 263. The highest BCUT2D eigenvalue weighted by Crippen LogP contribution is 2.17. The van der Waals surface area contributed by atoms with Crippen LogP contribution in [-0.2, 0) is 0 Å². The van der Waals surface area contributed by atoms with Gasteiger partial charge in [-0.2, -0.15) is 0 Å². The summed E-state index contributed by atoms with van der Waals surface area (Å²) in [6.07, 6.45) is 0.340. The molecule has 0 saturated carbocycles. The summed E-state index contributed by atoms with van der Waals surface area (Å²) in [6.45, 7) is 2.28. The van der Waals surface area contributed by atoms with Gasteiger partial charge in [0.2, 0.25) is 0 Å². The van der Waals surface area contributed by atoms with Gasteiger partial charge in [-0.15, -0.1) is 0 Å². The molecule has 0 fully saturated rings. The molecule has 72 valence electrons. The lowest BCUT2D eigenvalue weighted by molar-refractivity contribution is 0.104. The molecular weight excluding hydrogens is 232 g/mol. The summed E-state index contributed by atoms with van der Waals surface area (Å²) in [4.78, 5) is 0. The predicted octanol–water partition coefficient (Wildman–Crippen LogP) is 2.60. The highest BCUT2D eigenvalue weighted by Gasteiger charge is 2.01. The average Bonchev–Trinajstić information content (AvgIpc) is 2.14. The summed E-state index contributed by atoms with van der Waals surface area (Å²) in [5.74, 6) is 0.780. The van der Waals surface area contributed by atoms with E-state index in [1.165, 1.54) is 0 Å². The van der Waals surface area contributed by atoms with E-state index in [2.05, 4.69) is 15.9 Å².